The number of halogens is 1. The zero-order chi connectivity index (χ0) is 8.27. The number of aryl methyl sites for hydroxylation is 1. The Morgan fingerprint density at radius 1 is 1.42 bits per heavy atom. The molecule has 0 saturated carbocycles. The minimum Gasteiger partial charge on any atom is -0.394 e. The average molecular weight is 188 g/mol. The topological polar surface area (TPSA) is 46.2 Å². The monoisotopic (exact) mass is 187 g/mol. The molecule has 0 heterocycles. The summed E-state index contributed by atoms with van der Waals surface area (Å²) in [6, 6.07) is 7.58. The molecule has 0 spiro atoms. The van der Waals surface area contributed by atoms with Crippen molar-refractivity contribution in [1.29, 1.82) is 0 Å². The van der Waals surface area contributed by atoms with Crippen LogP contribution in [0.15, 0.2) is 24.3 Å². The summed E-state index contributed by atoms with van der Waals surface area (Å²) in [6.07, 6.45) is 0. The summed E-state index contributed by atoms with van der Waals surface area (Å²) >= 11 is 0. The molecule has 3 N–H and O–H groups in total. The van der Waals surface area contributed by atoms with Gasteiger partial charge >= 0.3 is 0 Å². The summed E-state index contributed by atoms with van der Waals surface area (Å²) in [5.74, 6) is 0. The lowest BCUT2D eigenvalue weighted by atomic mass is 10.0. The molecule has 1 atom stereocenters. The second-order valence-electron chi connectivity index (χ2n) is 2.65. The molecule has 3 heteroatoms. The molecule has 0 aromatic heterocycles. The Hall–Kier alpha value is -0.570. The molecule has 0 saturated heterocycles. The molecule has 0 aliphatic rings. The maximum atomic E-state index is 8.79. The van der Waals surface area contributed by atoms with E-state index in [4.69, 9.17) is 10.8 Å². The SMILES string of the molecule is Cc1ccccc1[C@@H](N)CO.Cl. The number of benzene rings is 1. The van der Waals surface area contributed by atoms with Gasteiger partial charge in [-0.05, 0) is 18.1 Å². The number of rotatable bonds is 2. The minimum absolute atomic E-state index is 0. The Morgan fingerprint density at radius 3 is 2.50 bits per heavy atom. The van der Waals surface area contributed by atoms with Crippen LogP contribution in [-0.2, 0) is 0 Å². The smallest absolute Gasteiger partial charge is 0.0624 e. The van der Waals surface area contributed by atoms with Crippen molar-refractivity contribution in [2.75, 3.05) is 6.61 Å². The predicted octanol–water partition coefficient (Wildman–Crippen LogP) is 1.41. The Labute approximate surface area is 78.8 Å². The van der Waals surface area contributed by atoms with Crippen LogP contribution in [-0.4, -0.2) is 11.7 Å². The normalized spacial score (nSPS) is 11.9. The van der Waals surface area contributed by atoms with Crippen LogP contribution in [0.1, 0.15) is 17.2 Å². The molecule has 1 aromatic rings. The zero-order valence-corrected chi connectivity index (χ0v) is 7.84. The van der Waals surface area contributed by atoms with Gasteiger partial charge in [-0.3, -0.25) is 0 Å². The van der Waals surface area contributed by atoms with Crippen LogP contribution < -0.4 is 5.73 Å². The summed E-state index contributed by atoms with van der Waals surface area (Å²) in [6.45, 7) is 2.00. The first-order valence-electron chi connectivity index (χ1n) is 3.67. The van der Waals surface area contributed by atoms with Crippen LogP contribution in [0.5, 0.6) is 0 Å². The van der Waals surface area contributed by atoms with E-state index in [0.717, 1.165) is 11.1 Å². The number of aliphatic hydroxyl groups excluding tert-OH is 1. The van der Waals surface area contributed by atoms with Crippen LogP contribution in [0.3, 0.4) is 0 Å². The summed E-state index contributed by atoms with van der Waals surface area (Å²) in [7, 11) is 0. The van der Waals surface area contributed by atoms with Crippen molar-refractivity contribution >= 4 is 12.4 Å². The highest BCUT2D eigenvalue weighted by Gasteiger charge is 2.04. The Balaban J connectivity index is 0.00000121. The lowest BCUT2D eigenvalue weighted by Gasteiger charge is -2.10. The van der Waals surface area contributed by atoms with Crippen molar-refractivity contribution in [2.45, 2.75) is 13.0 Å². The average Bonchev–Trinajstić information content (AvgIpc) is 2.04. The largest absolute Gasteiger partial charge is 0.394 e. The molecule has 1 rings (SSSR count). The van der Waals surface area contributed by atoms with Gasteiger partial charge in [-0.15, -0.1) is 12.4 Å². The molecule has 0 fully saturated rings. The third-order valence-electron chi connectivity index (χ3n) is 1.78. The van der Waals surface area contributed by atoms with Crippen molar-refractivity contribution in [1.82, 2.24) is 0 Å². The molecule has 12 heavy (non-hydrogen) atoms. The van der Waals surface area contributed by atoms with Crippen LogP contribution in [0.2, 0.25) is 0 Å². The third kappa shape index (κ3) is 2.48. The fourth-order valence-corrected chi connectivity index (χ4v) is 1.10. The quantitative estimate of drug-likeness (QED) is 0.736. The van der Waals surface area contributed by atoms with Gasteiger partial charge in [0.05, 0.1) is 12.6 Å². The fourth-order valence-electron chi connectivity index (χ4n) is 1.10. The Bertz CT molecular complexity index is 240. The van der Waals surface area contributed by atoms with Crippen molar-refractivity contribution < 1.29 is 5.11 Å². The second kappa shape index (κ2) is 5.14. The maximum Gasteiger partial charge on any atom is 0.0624 e. The van der Waals surface area contributed by atoms with E-state index in [9.17, 15) is 0 Å². The van der Waals surface area contributed by atoms with Crippen molar-refractivity contribution in [3.63, 3.8) is 0 Å². The van der Waals surface area contributed by atoms with Crippen LogP contribution in [0.25, 0.3) is 0 Å². The lowest BCUT2D eigenvalue weighted by Crippen LogP contribution is -2.15. The first-order valence-corrected chi connectivity index (χ1v) is 3.67. The highest BCUT2D eigenvalue weighted by molar-refractivity contribution is 5.85. The number of hydrogen-bond donors (Lipinski definition) is 2. The Kier molecular flexibility index (Phi) is 4.90. The lowest BCUT2D eigenvalue weighted by molar-refractivity contribution is 0.267. The highest BCUT2D eigenvalue weighted by Crippen LogP contribution is 2.13. The van der Waals surface area contributed by atoms with Gasteiger partial charge < -0.3 is 10.8 Å². The van der Waals surface area contributed by atoms with Gasteiger partial charge in [0.25, 0.3) is 0 Å². The standard InChI is InChI=1S/C9H13NO.ClH/c1-7-4-2-3-5-8(7)9(10)6-11;/h2-5,9,11H,6,10H2,1H3;1H/t9-;/m0./s1. The minimum atomic E-state index is -0.240. The second-order valence-corrected chi connectivity index (χ2v) is 2.65. The molecule has 0 aliphatic carbocycles. The maximum absolute atomic E-state index is 8.79. The first-order chi connectivity index (χ1) is 5.25. The molecule has 2 nitrogen and oxygen atoms in total. The molecular formula is C9H14ClNO. The van der Waals surface area contributed by atoms with Crippen molar-refractivity contribution in [2.24, 2.45) is 5.73 Å². The molecule has 1 aromatic carbocycles. The van der Waals surface area contributed by atoms with Gasteiger partial charge in [-0.25, -0.2) is 0 Å². The summed E-state index contributed by atoms with van der Waals surface area (Å²) < 4.78 is 0. The number of aliphatic hydroxyl groups is 1. The molecule has 68 valence electrons. The molecule has 0 radical (unpaired) electrons. The van der Waals surface area contributed by atoms with E-state index in [2.05, 4.69) is 0 Å². The molecular weight excluding hydrogens is 174 g/mol. The zero-order valence-electron chi connectivity index (χ0n) is 7.03. The van der Waals surface area contributed by atoms with E-state index >= 15 is 0 Å². The van der Waals surface area contributed by atoms with Crippen LogP contribution >= 0.6 is 12.4 Å². The van der Waals surface area contributed by atoms with E-state index in [1.165, 1.54) is 0 Å². The van der Waals surface area contributed by atoms with Crippen LogP contribution in [0, 0.1) is 6.92 Å². The third-order valence-corrected chi connectivity index (χ3v) is 1.78. The molecule has 0 aliphatic heterocycles. The number of hydrogen-bond acceptors (Lipinski definition) is 2. The van der Waals surface area contributed by atoms with Gasteiger partial charge in [0.2, 0.25) is 0 Å². The van der Waals surface area contributed by atoms with E-state index in [1.807, 2.05) is 31.2 Å². The first kappa shape index (κ1) is 11.4. The van der Waals surface area contributed by atoms with E-state index < -0.39 is 0 Å². The van der Waals surface area contributed by atoms with E-state index in [0.29, 0.717) is 0 Å². The highest BCUT2D eigenvalue weighted by atomic mass is 35.5. The van der Waals surface area contributed by atoms with Gasteiger partial charge in [0.15, 0.2) is 0 Å². The van der Waals surface area contributed by atoms with Gasteiger partial charge in [0.1, 0.15) is 0 Å². The molecule has 0 bridgehead atoms. The summed E-state index contributed by atoms with van der Waals surface area (Å²) in [4.78, 5) is 0. The van der Waals surface area contributed by atoms with Gasteiger partial charge in [0, 0.05) is 0 Å². The van der Waals surface area contributed by atoms with E-state index in [1.54, 1.807) is 0 Å². The number of nitrogens with two attached hydrogens (primary N) is 1. The van der Waals surface area contributed by atoms with Gasteiger partial charge in [-0.2, -0.15) is 0 Å². The predicted molar refractivity (Wildman–Crippen MR) is 52.4 cm³/mol. The van der Waals surface area contributed by atoms with Crippen molar-refractivity contribution in [3.05, 3.63) is 35.4 Å². The van der Waals surface area contributed by atoms with Gasteiger partial charge in [-0.1, -0.05) is 24.3 Å². The summed E-state index contributed by atoms with van der Waals surface area (Å²) in [5, 5.41) is 8.79. The molecule has 0 unspecified atom stereocenters. The van der Waals surface area contributed by atoms with E-state index in [-0.39, 0.29) is 25.1 Å². The fraction of sp³-hybridized carbons (Fsp3) is 0.333. The van der Waals surface area contributed by atoms with Crippen LogP contribution in [0.4, 0.5) is 0 Å². The Morgan fingerprint density at radius 2 is 2.00 bits per heavy atom. The summed E-state index contributed by atoms with van der Waals surface area (Å²) in [5.41, 5.74) is 7.80. The van der Waals surface area contributed by atoms with Crippen molar-refractivity contribution in [3.8, 4) is 0 Å². The molecule has 0 amide bonds.